The largest absolute Gasteiger partial charge is 0.463 e. The highest BCUT2D eigenvalue weighted by atomic mass is 16.7. The minimum absolute atomic E-state index is 0.0737. The Labute approximate surface area is 175 Å². The molecular weight excluding hydrogens is 388 g/mol. The van der Waals surface area contributed by atoms with E-state index in [1.54, 1.807) is 25.7 Å². The second-order valence-corrected chi connectivity index (χ2v) is 8.44. The van der Waals surface area contributed by atoms with Crippen LogP contribution in [-0.2, 0) is 30.3 Å². The lowest BCUT2D eigenvalue weighted by molar-refractivity contribution is -0.317. The number of ether oxygens (including phenoxy) is 2. The van der Waals surface area contributed by atoms with Gasteiger partial charge in [0.05, 0.1) is 6.61 Å². The van der Waals surface area contributed by atoms with Crippen LogP contribution in [0.25, 0.3) is 0 Å². The number of hydrogen-bond donors (Lipinski definition) is 1. The van der Waals surface area contributed by atoms with E-state index >= 15 is 0 Å². The van der Waals surface area contributed by atoms with Crippen LogP contribution in [0.1, 0.15) is 39.2 Å². The Morgan fingerprint density at radius 2 is 2.00 bits per heavy atom. The first-order valence-corrected chi connectivity index (χ1v) is 10.5. The van der Waals surface area contributed by atoms with E-state index in [2.05, 4.69) is 0 Å². The molecule has 4 unspecified atom stereocenters. The van der Waals surface area contributed by atoms with E-state index in [0.29, 0.717) is 19.4 Å². The molecule has 3 fully saturated rings. The Kier molecular flexibility index (Phi) is 5.10. The fourth-order valence-corrected chi connectivity index (χ4v) is 4.95. The van der Waals surface area contributed by atoms with Crippen LogP contribution < -0.4 is 0 Å². The Balaban J connectivity index is 1.82. The van der Waals surface area contributed by atoms with E-state index in [1.165, 1.54) is 0 Å². The van der Waals surface area contributed by atoms with Gasteiger partial charge in [0.1, 0.15) is 12.1 Å². The standard InChI is InChI=1S/C22H28N2O6/c1-4-29-20(27)21(14(2)3)19(26)24-16(13-15-9-6-5-7-10-15)18(25)23-12-8-11-17(23)22(24,28)30-21/h5-7,9-10,14,16-17,28H,4,8,11-13H2,1-3H3. The van der Waals surface area contributed by atoms with Crippen LogP contribution >= 0.6 is 0 Å². The molecule has 4 atom stereocenters. The molecule has 3 aliphatic rings. The predicted molar refractivity (Wildman–Crippen MR) is 106 cm³/mol. The highest BCUT2D eigenvalue weighted by Crippen LogP contribution is 2.49. The molecular formula is C22H28N2O6. The van der Waals surface area contributed by atoms with Crippen molar-refractivity contribution in [1.82, 2.24) is 9.80 Å². The molecule has 1 N–H and O–H groups in total. The third-order valence-electron chi connectivity index (χ3n) is 6.42. The van der Waals surface area contributed by atoms with E-state index in [0.717, 1.165) is 10.5 Å². The van der Waals surface area contributed by atoms with Crippen LogP contribution in [-0.4, -0.2) is 69.4 Å². The number of piperazine rings is 1. The lowest BCUT2D eigenvalue weighted by atomic mass is 9.88. The summed E-state index contributed by atoms with van der Waals surface area (Å²) in [7, 11) is 0. The second kappa shape index (κ2) is 7.35. The van der Waals surface area contributed by atoms with E-state index in [9.17, 15) is 19.5 Å². The van der Waals surface area contributed by atoms with Crippen molar-refractivity contribution in [3.8, 4) is 0 Å². The fraction of sp³-hybridized carbons (Fsp3) is 0.591. The zero-order chi connectivity index (χ0) is 21.7. The highest BCUT2D eigenvalue weighted by Gasteiger charge is 2.74. The highest BCUT2D eigenvalue weighted by molar-refractivity contribution is 6.09. The van der Waals surface area contributed by atoms with Crippen LogP contribution in [0, 0.1) is 5.92 Å². The average molecular weight is 416 g/mol. The zero-order valence-corrected chi connectivity index (χ0v) is 17.5. The van der Waals surface area contributed by atoms with Crippen LogP contribution in [0.3, 0.4) is 0 Å². The summed E-state index contributed by atoms with van der Waals surface area (Å²) in [6.45, 7) is 5.56. The third kappa shape index (κ3) is 2.77. The fourth-order valence-electron chi connectivity index (χ4n) is 4.95. The first-order valence-electron chi connectivity index (χ1n) is 10.5. The molecule has 0 spiro atoms. The summed E-state index contributed by atoms with van der Waals surface area (Å²) in [6, 6.07) is 7.63. The summed E-state index contributed by atoms with van der Waals surface area (Å²) in [6.07, 6.45) is 1.40. The predicted octanol–water partition coefficient (Wildman–Crippen LogP) is 1.07. The van der Waals surface area contributed by atoms with Crippen LogP contribution in [0.15, 0.2) is 30.3 Å². The van der Waals surface area contributed by atoms with Crippen LogP contribution in [0.2, 0.25) is 0 Å². The quantitative estimate of drug-likeness (QED) is 0.570. The Morgan fingerprint density at radius 3 is 2.63 bits per heavy atom. The van der Waals surface area contributed by atoms with Crippen LogP contribution in [0.5, 0.6) is 0 Å². The molecule has 8 heteroatoms. The van der Waals surface area contributed by atoms with Crippen LogP contribution in [0.4, 0.5) is 0 Å². The molecule has 8 nitrogen and oxygen atoms in total. The van der Waals surface area contributed by atoms with Crippen molar-refractivity contribution in [2.75, 3.05) is 13.2 Å². The van der Waals surface area contributed by atoms with Crippen molar-refractivity contribution >= 4 is 17.8 Å². The van der Waals surface area contributed by atoms with Gasteiger partial charge in [0.25, 0.3) is 11.8 Å². The zero-order valence-electron chi connectivity index (χ0n) is 17.5. The second-order valence-electron chi connectivity index (χ2n) is 8.44. The van der Waals surface area contributed by atoms with Gasteiger partial charge in [-0.25, -0.2) is 4.79 Å². The Hall–Kier alpha value is -2.45. The molecule has 0 aromatic heterocycles. The van der Waals surface area contributed by atoms with E-state index < -0.39 is 41.4 Å². The number of esters is 1. The molecule has 3 saturated heterocycles. The maximum absolute atomic E-state index is 13.7. The van der Waals surface area contributed by atoms with Gasteiger partial charge in [-0.05, 0) is 25.3 Å². The number of hydrogen-bond acceptors (Lipinski definition) is 6. The molecule has 0 radical (unpaired) electrons. The molecule has 1 aromatic rings. The normalized spacial score (nSPS) is 33.1. The van der Waals surface area contributed by atoms with E-state index in [1.807, 2.05) is 30.3 Å². The van der Waals surface area contributed by atoms with Gasteiger partial charge in [0.2, 0.25) is 11.5 Å². The van der Waals surface area contributed by atoms with Crippen molar-refractivity contribution in [2.24, 2.45) is 5.92 Å². The van der Waals surface area contributed by atoms with Gasteiger partial charge in [-0.3, -0.25) is 14.5 Å². The lowest BCUT2D eigenvalue weighted by Gasteiger charge is -2.48. The molecule has 162 valence electrons. The molecule has 3 heterocycles. The summed E-state index contributed by atoms with van der Waals surface area (Å²) >= 11 is 0. The van der Waals surface area contributed by atoms with Gasteiger partial charge in [0, 0.05) is 18.9 Å². The van der Waals surface area contributed by atoms with Gasteiger partial charge >= 0.3 is 5.97 Å². The maximum Gasteiger partial charge on any atom is 0.348 e. The molecule has 4 rings (SSSR count). The first-order chi connectivity index (χ1) is 14.3. The van der Waals surface area contributed by atoms with Gasteiger partial charge in [-0.2, -0.15) is 0 Å². The van der Waals surface area contributed by atoms with Crippen molar-refractivity contribution in [3.63, 3.8) is 0 Å². The molecule has 2 amide bonds. The number of amides is 2. The molecule has 0 aliphatic carbocycles. The minimum Gasteiger partial charge on any atom is -0.463 e. The first kappa shape index (κ1) is 20.8. The monoisotopic (exact) mass is 416 g/mol. The third-order valence-corrected chi connectivity index (χ3v) is 6.42. The van der Waals surface area contributed by atoms with Crippen molar-refractivity contribution in [1.29, 1.82) is 0 Å². The van der Waals surface area contributed by atoms with Gasteiger partial charge in [-0.1, -0.05) is 44.2 Å². The van der Waals surface area contributed by atoms with Gasteiger partial charge in [0.15, 0.2) is 0 Å². The summed E-state index contributed by atoms with van der Waals surface area (Å²) in [5.41, 5.74) is -1.14. The number of fused-ring (bicyclic) bond motifs is 3. The number of benzene rings is 1. The number of nitrogens with zero attached hydrogens (tertiary/aromatic N) is 2. The number of carbonyl (C=O) groups is 3. The summed E-state index contributed by atoms with van der Waals surface area (Å²) in [4.78, 5) is 42.7. The molecule has 1 aromatic carbocycles. The van der Waals surface area contributed by atoms with Gasteiger partial charge < -0.3 is 19.5 Å². The number of carbonyl (C=O) groups excluding carboxylic acids is 3. The Bertz CT molecular complexity index is 858. The van der Waals surface area contributed by atoms with Crippen molar-refractivity contribution in [3.05, 3.63) is 35.9 Å². The Morgan fingerprint density at radius 1 is 1.30 bits per heavy atom. The minimum atomic E-state index is -2.07. The topological polar surface area (TPSA) is 96.4 Å². The number of rotatable bonds is 5. The molecule has 3 aliphatic heterocycles. The molecule has 30 heavy (non-hydrogen) atoms. The van der Waals surface area contributed by atoms with E-state index in [4.69, 9.17) is 9.47 Å². The number of aliphatic hydroxyl groups is 1. The van der Waals surface area contributed by atoms with Crippen molar-refractivity contribution in [2.45, 2.75) is 63.6 Å². The molecule has 0 saturated carbocycles. The van der Waals surface area contributed by atoms with Crippen molar-refractivity contribution < 1.29 is 29.0 Å². The summed E-state index contributed by atoms with van der Waals surface area (Å²) < 4.78 is 11.2. The molecule has 0 bridgehead atoms. The smallest absolute Gasteiger partial charge is 0.348 e. The van der Waals surface area contributed by atoms with E-state index in [-0.39, 0.29) is 18.9 Å². The maximum atomic E-state index is 13.7. The summed E-state index contributed by atoms with van der Waals surface area (Å²) in [5, 5.41) is 11.7. The average Bonchev–Trinajstić information content (AvgIpc) is 3.30. The summed E-state index contributed by atoms with van der Waals surface area (Å²) in [5.74, 6) is -4.44. The van der Waals surface area contributed by atoms with Gasteiger partial charge in [-0.15, -0.1) is 0 Å². The SMILES string of the molecule is CCOC(=O)C1(C(C)C)OC2(O)C3CCCN3C(=O)C(Cc3ccccc3)N2C1=O. The lowest BCUT2D eigenvalue weighted by Crippen LogP contribution is -2.71.